The molecule has 3 heteroatoms. The summed E-state index contributed by atoms with van der Waals surface area (Å²) in [5.74, 6) is 0.137. The van der Waals surface area contributed by atoms with Gasteiger partial charge < -0.3 is 10.2 Å². The maximum atomic E-state index is 11.5. The van der Waals surface area contributed by atoms with E-state index in [2.05, 4.69) is 29.6 Å². The van der Waals surface area contributed by atoms with Crippen LogP contribution in [0.25, 0.3) is 11.1 Å². The third kappa shape index (κ3) is 3.85. The smallest absolute Gasteiger partial charge is 0.223 e. The average Bonchev–Trinajstić information content (AvgIpc) is 2.48. The van der Waals surface area contributed by atoms with E-state index in [1.165, 1.54) is 11.1 Å². The first-order chi connectivity index (χ1) is 9.66. The normalized spacial score (nSPS) is 10.1. The number of nitrogens with one attached hydrogen (secondary N) is 1. The molecular formula is C17H20N2O. The summed E-state index contributed by atoms with van der Waals surface area (Å²) in [5.41, 5.74) is 3.44. The Balaban J connectivity index is 1.91. The molecule has 104 valence electrons. The molecule has 3 nitrogen and oxygen atoms in total. The second-order valence-electron chi connectivity index (χ2n) is 4.91. The van der Waals surface area contributed by atoms with Crippen LogP contribution in [-0.4, -0.2) is 31.4 Å². The van der Waals surface area contributed by atoms with Crippen LogP contribution in [0.2, 0.25) is 0 Å². The highest BCUT2D eigenvalue weighted by atomic mass is 16.2. The molecule has 0 spiro atoms. The minimum atomic E-state index is 0.137. The zero-order chi connectivity index (χ0) is 14.4. The predicted molar refractivity (Wildman–Crippen MR) is 83.7 cm³/mol. The molecule has 0 bridgehead atoms. The van der Waals surface area contributed by atoms with Crippen molar-refractivity contribution in [3.63, 3.8) is 0 Å². The van der Waals surface area contributed by atoms with Gasteiger partial charge in [0.15, 0.2) is 0 Å². The fourth-order valence-electron chi connectivity index (χ4n) is 1.95. The lowest BCUT2D eigenvalue weighted by atomic mass is 10.1. The molecule has 0 heterocycles. The largest absolute Gasteiger partial charge is 0.385 e. The lowest BCUT2D eigenvalue weighted by Gasteiger charge is -2.11. The summed E-state index contributed by atoms with van der Waals surface area (Å²) in [4.78, 5) is 13.1. The van der Waals surface area contributed by atoms with E-state index in [0.717, 1.165) is 5.69 Å². The highest BCUT2D eigenvalue weighted by molar-refractivity contribution is 5.76. The fourth-order valence-corrected chi connectivity index (χ4v) is 1.95. The summed E-state index contributed by atoms with van der Waals surface area (Å²) in [6, 6.07) is 18.5. The number of rotatable bonds is 5. The molecule has 0 fully saturated rings. The van der Waals surface area contributed by atoms with E-state index >= 15 is 0 Å². The SMILES string of the molecule is CN(C)C(=O)CCNc1ccc(-c2ccccc2)cc1. The molecule has 0 atom stereocenters. The molecule has 2 aromatic rings. The van der Waals surface area contributed by atoms with Gasteiger partial charge in [0, 0.05) is 32.7 Å². The van der Waals surface area contributed by atoms with Crippen LogP contribution >= 0.6 is 0 Å². The Bertz CT molecular complexity index is 547. The Morgan fingerprint density at radius 2 is 1.55 bits per heavy atom. The number of anilines is 1. The Morgan fingerprint density at radius 3 is 2.15 bits per heavy atom. The molecule has 0 aliphatic rings. The van der Waals surface area contributed by atoms with Gasteiger partial charge in [0.25, 0.3) is 0 Å². The zero-order valence-corrected chi connectivity index (χ0v) is 12.0. The Kier molecular flexibility index (Phi) is 4.77. The van der Waals surface area contributed by atoms with E-state index < -0.39 is 0 Å². The van der Waals surface area contributed by atoms with E-state index in [9.17, 15) is 4.79 Å². The summed E-state index contributed by atoms with van der Waals surface area (Å²) in [7, 11) is 3.55. The molecular weight excluding hydrogens is 248 g/mol. The van der Waals surface area contributed by atoms with E-state index in [1.54, 1.807) is 19.0 Å². The van der Waals surface area contributed by atoms with Gasteiger partial charge in [0.2, 0.25) is 5.91 Å². The van der Waals surface area contributed by atoms with Gasteiger partial charge in [0.1, 0.15) is 0 Å². The van der Waals surface area contributed by atoms with Crippen LogP contribution in [0.5, 0.6) is 0 Å². The van der Waals surface area contributed by atoms with Crippen LogP contribution in [0.1, 0.15) is 6.42 Å². The Labute approximate surface area is 120 Å². The lowest BCUT2D eigenvalue weighted by Crippen LogP contribution is -2.23. The third-order valence-electron chi connectivity index (χ3n) is 3.16. The first-order valence-corrected chi connectivity index (χ1v) is 6.76. The van der Waals surface area contributed by atoms with Gasteiger partial charge in [-0.3, -0.25) is 4.79 Å². The molecule has 0 unspecified atom stereocenters. The molecule has 2 aromatic carbocycles. The fraction of sp³-hybridized carbons (Fsp3) is 0.235. The van der Waals surface area contributed by atoms with E-state index in [1.807, 2.05) is 30.3 Å². The molecule has 0 aliphatic carbocycles. The Hall–Kier alpha value is -2.29. The molecule has 1 amide bonds. The second kappa shape index (κ2) is 6.75. The standard InChI is InChI=1S/C17H20N2O/c1-19(2)17(20)12-13-18-16-10-8-15(9-11-16)14-6-4-3-5-7-14/h3-11,18H,12-13H2,1-2H3. The molecule has 0 radical (unpaired) electrons. The van der Waals surface area contributed by atoms with Crippen molar-refractivity contribution in [2.45, 2.75) is 6.42 Å². The number of hydrogen-bond acceptors (Lipinski definition) is 2. The first-order valence-electron chi connectivity index (χ1n) is 6.76. The molecule has 20 heavy (non-hydrogen) atoms. The molecule has 0 aromatic heterocycles. The van der Waals surface area contributed by atoms with Gasteiger partial charge in [0.05, 0.1) is 0 Å². The number of hydrogen-bond donors (Lipinski definition) is 1. The molecule has 0 saturated heterocycles. The van der Waals surface area contributed by atoms with Crippen LogP contribution < -0.4 is 5.32 Å². The van der Waals surface area contributed by atoms with Crippen molar-refractivity contribution >= 4 is 11.6 Å². The molecule has 2 rings (SSSR count). The van der Waals surface area contributed by atoms with Crippen molar-refractivity contribution in [3.05, 3.63) is 54.6 Å². The van der Waals surface area contributed by atoms with Gasteiger partial charge in [-0.1, -0.05) is 42.5 Å². The summed E-state index contributed by atoms with van der Waals surface area (Å²) in [6.45, 7) is 0.654. The maximum absolute atomic E-state index is 11.5. The summed E-state index contributed by atoms with van der Waals surface area (Å²) >= 11 is 0. The second-order valence-corrected chi connectivity index (χ2v) is 4.91. The Morgan fingerprint density at radius 1 is 0.950 bits per heavy atom. The lowest BCUT2D eigenvalue weighted by molar-refractivity contribution is -0.128. The number of amides is 1. The molecule has 0 saturated carbocycles. The number of carbonyl (C=O) groups excluding carboxylic acids is 1. The predicted octanol–water partition coefficient (Wildman–Crippen LogP) is 3.24. The monoisotopic (exact) mass is 268 g/mol. The van der Waals surface area contributed by atoms with E-state index in [-0.39, 0.29) is 5.91 Å². The summed E-state index contributed by atoms with van der Waals surface area (Å²) < 4.78 is 0. The van der Waals surface area contributed by atoms with Crippen molar-refractivity contribution in [2.75, 3.05) is 26.0 Å². The van der Waals surface area contributed by atoms with Crippen LogP contribution in [0, 0.1) is 0 Å². The summed E-state index contributed by atoms with van der Waals surface area (Å²) in [6.07, 6.45) is 0.507. The van der Waals surface area contributed by atoms with Gasteiger partial charge >= 0.3 is 0 Å². The maximum Gasteiger partial charge on any atom is 0.223 e. The molecule has 1 N–H and O–H groups in total. The van der Waals surface area contributed by atoms with Crippen molar-refractivity contribution in [2.24, 2.45) is 0 Å². The first kappa shape index (κ1) is 14.1. The topological polar surface area (TPSA) is 32.3 Å². The number of carbonyl (C=O) groups is 1. The van der Waals surface area contributed by atoms with Gasteiger partial charge in [-0.25, -0.2) is 0 Å². The van der Waals surface area contributed by atoms with Gasteiger partial charge in [-0.15, -0.1) is 0 Å². The average molecular weight is 268 g/mol. The third-order valence-corrected chi connectivity index (χ3v) is 3.16. The van der Waals surface area contributed by atoms with E-state index in [4.69, 9.17) is 0 Å². The van der Waals surface area contributed by atoms with Crippen molar-refractivity contribution in [1.29, 1.82) is 0 Å². The van der Waals surface area contributed by atoms with Gasteiger partial charge in [-0.2, -0.15) is 0 Å². The number of benzene rings is 2. The van der Waals surface area contributed by atoms with Crippen molar-refractivity contribution in [1.82, 2.24) is 4.90 Å². The van der Waals surface area contributed by atoms with Crippen LogP contribution in [0.3, 0.4) is 0 Å². The van der Waals surface area contributed by atoms with Gasteiger partial charge in [-0.05, 0) is 23.3 Å². The quantitative estimate of drug-likeness (QED) is 0.903. The van der Waals surface area contributed by atoms with Crippen LogP contribution in [0.15, 0.2) is 54.6 Å². The van der Waals surface area contributed by atoms with Crippen molar-refractivity contribution < 1.29 is 4.79 Å². The minimum Gasteiger partial charge on any atom is -0.385 e. The molecule has 0 aliphatic heterocycles. The summed E-state index contributed by atoms with van der Waals surface area (Å²) in [5, 5.41) is 3.26. The highest BCUT2D eigenvalue weighted by Gasteiger charge is 2.03. The minimum absolute atomic E-state index is 0.137. The number of nitrogens with zero attached hydrogens (tertiary/aromatic N) is 1. The van der Waals surface area contributed by atoms with Crippen LogP contribution in [-0.2, 0) is 4.79 Å². The van der Waals surface area contributed by atoms with E-state index in [0.29, 0.717) is 13.0 Å². The van der Waals surface area contributed by atoms with Crippen molar-refractivity contribution in [3.8, 4) is 11.1 Å². The highest BCUT2D eigenvalue weighted by Crippen LogP contribution is 2.20. The zero-order valence-electron chi connectivity index (χ0n) is 12.0. The van der Waals surface area contributed by atoms with Crippen LogP contribution in [0.4, 0.5) is 5.69 Å².